The van der Waals surface area contributed by atoms with Crippen LogP contribution in [0, 0.1) is 12.8 Å². The van der Waals surface area contributed by atoms with Gasteiger partial charge in [0.25, 0.3) is 0 Å². The first-order valence-electron chi connectivity index (χ1n) is 8.48. The molecule has 26 heavy (non-hydrogen) atoms. The zero-order valence-electron chi connectivity index (χ0n) is 15.2. The van der Waals surface area contributed by atoms with E-state index in [1.54, 1.807) is 24.5 Å². The molecule has 2 N–H and O–H groups in total. The Morgan fingerprint density at radius 3 is 2.54 bits per heavy atom. The van der Waals surface area contributed by atoms with Crippen LogP contribution in [-0.4, -0.2) is 41.9 Å². The lowest BCUT2D eigenvalue weighted by molar-refractivity contribution is -0.122. The Morgan fingerprint density at radius 1 is 1.23 bits per heavy atom. The Balaban J connectivity index is 1.85. The maximum atomic E-state index is 12.2. The first kappa shape index (κ1) is 20.1. The third-order valence-electron chi connectivity index (χ3n) is 3.92. The van der Waals surface area contributed by atoms with E-state index in [0.29, 0.717) is 6.54 Å². The van der Waals surface area contributed by atoms with Gasteiger partial charge in [-0.05, 0) is 30.5 Å². The van der Waals surface area contributed by atoms with E-state index in [9.17, 15) is 13.2 Å². The average molecular weight is 379 g/mol. The Labute approximate surface area is 154 Å². The van der Waals surface area contributed by atoms with Crippen LogP contribution in [0.2, 0.25) is 0 Å². The second kappa shape index (κ2) is 8.91. The molecule has 0 spiro atoms. The van der Waals surface area contributed by atoms with E-state index in [4.69, 9.17) is 0 Å². The van der Waals surface area contributed by atoms with Gasteiger partial charge in [0, 0.05) is 13.0 Å². The summed E-state index contributed by atoms with van der Waals surface area (Å²) in [5.41, 5.74) is 0.859. The highest BCUT2D eigenvalue weighted by Crippen LogP contribution is 2.10. The quantitative estimate of drug-likeness (QED) is 0.678. The van der Waals surface area contributed by atoms with Crippen LogP contribution in [0.25, 0.3) is 0 Å². The molecule has 0 fully saturated rings. The first-order chi connectivity index (χ1) is 12.3. The Morgan fingerprint density at radius 2 is 1.92 bits per heavy atom. The van der Waals surface area contributed by atoms with Gasteiger partial charge in [0.2, 0.25) is 15.9 Å². The van der Waals surface area contributed by atoms with Gasteiger partial charge in [-0.1, -0.05) is 26.0 Å². The third-order valence-corrected chi connectivity index (χ3v) is 5.38. The second-order valence-corrected chi connectivity index (χ2v) is 8.23. The number of rotatable bonds is 9. The number of carbonyl (C=O) groups excluding carboxylic acids is 1. The standard InChI is InChI=1S/C17H25N5O3S/c1-13(2)16(12-22-18-9-10-19-22)21-17(23)7-8-20-26(24,25)15-6-4-5-14(3)11-15/h4-6,9-11,13,16,20H,7-8,12H2,1-3H3,(H,21,23). The van der Waals surface area contributed by atoms with Gasteiger partial charge in [0.1, 0.15) is 0 Å². The van der Waals surface area contributed by atoms with Crippen molar-refractivity contribution in [3.05, 3.63) is 42.2 Å². The van der Waals surface area contributed by atoms with Crippen LogP contribution in [0.4, 0.5) is 0 Å². The van der Waals surface area contributed by atoms with Crippen molar-refractivity contribution in [2.45, 2.75) is 44.7 Å². The summed E-state index contributed by atoms with van der Waals surface area (Å²) in [7, 11) is -3.62. The molecule has 1 amide bonds. The molecule has 8 nitrogen and oxygen atoms in total. The molecule has 0 aliphatic rings. The molecule has 0 saturated heterocycles. The van der Waals surface area contributed by atoms with Crippen molar-refractivity contribution in [1.82, 2.24) is 25.0 Å². The van der Waals surface area contributed by atoms with Crippen LogP contribution < -0.4 is 10.0 Å². The minimum Gasteiger partial charge on any atom is -0.351 e. The fourth-order valence-electron chi connectivity index (χ4n) is 2.38. The van der Waals surface area contributed by atoms with Crippen molar-refractivity contribution in [2.75, 3.05) is 6.54 Å². The summed E-state index contributed by atoms with van der Waals surface area (Å²) in [6, 6.07) is 6.50. The number of sulfonamides is 1. The van der Waals surface area contributed by atoms with Crippen molar-refractivity contribution < 1.29 is 13.2 Å². The Kier molecular flexibility index (Phi) is 6.87. The highest BCUT2D eigenvalue weighted by molar-refractivity contribution is 7.89. The van der Waals surface area contributed by atoms with Gasteiger partial charge in [-0.2, -0.15) is 15.0 Å². The lowest BCUT2D eigenvalue weighted by Gasteiger charge is -2.21. The molecular formula is C17H25N5O3S. The summed E-state index contributed by atoms with van der Waals surface area (Å²) in [6.45, 7) is 6.31. The third kappa shape index (κ3) is 5.92. The van der Waals surface area contributed by atoms with E-state index < -0.39 is 10.0 Å². The molecule has 1 aromatic carbocycles. The number of hydrogen-bond donors (Lipinski definition) is 2. The molecule has 142 valence electrons. The Bertz CT molecular complexity index is 819. The zero-order chi connectivity index (χ0) is 19.2. The fraction of sp³-hybridized carbons (Fsp3) is 0.471. The van der Waals surface area contributed by atoms with E-state index in [0.717, 1.165) is 5.56 Å². The maximum Gasteiger partial charge on any atom is 0.240 e. The van der Waals surface area contributed by atoms with Crippen LogP contribution in [-0.2, 0) is 21.4 Å². The molecule has 1 atom stereocenters. The molecule has 2 aromatic rings. The van der Waals surface area contributed by atoms with Crippen molar-refractivity contribution in [2.24, 2.45) is 5.92 Å². The van der Waals surface area contributed by atoms with Gasteiger partial charge in [-0.3, -0.25) is 4.79 Å². The van der Waals surface area contributed by atoms with Gasteiger partial charge in [0.05, 0.1) is 29.9 Å². The molecule has 0 radical (unpaired) electrons. The minimum absolute atomic E-state index is 0.0347. The van der Waals surface area contributed by atoms with Crippen LogP contribution in [0.15, 0.2) is 41.6 Å². The summed E-state index contributed by atoms with van der Waals surface area (Å²) >= 11 is 0. The average Bonchev–Trinajstić information content (AvgIpc) is 3.07. The monoisotopic (exact) mass is 379 g/mol. The summed E-state index contributed by atoms with van der Waals surface area (Å²) in [6.07, 6.45) is 3.22. The molecule has 0 saturated carbocycles. The summed E-state index contributed by atoms with van der Waals surface area (Å²) in [4.78, 5) is 13.9. The van der Waals surface area contributed by atoms with E-state index >= 15 is 0 Å². The number of carbonyl (C=O) groups is 1. The van der Waals surface area contributed by atoms with E-state index in [1.165, 1.54) is 10.9 Å². The molecule has 0 bridgehead atoms. The zero-order valence-corrected chi connectivity index (χ0v) is 16.0. The highest BCUT2D eigenvalue weighted by atomic mass is 32.2. The van der Waals surface area contributed by atoms with Crippen molar-refractivity contribution >= 4 is 15.9 Å². The highest BCUT2D eigenvalue weighted by Gasteiger charge is 2.19. The van der Waals surface area contributed by atoms with Gasteiger partial charge in [-0.25, -0.2) is 13.1 Å². The molecule has 9 heteroatoms. The molecular weight excluding hydrogens is 354 g/mol. The summed E-state index contributed by atoms with van der Waals surface area (Å²) in [5.74, 6) is -0.0308. The number of nitrogens with zero attached hydrogens (tertiary/aromatic N) is 3. The molecule has 0 aliphatic carbocycles. The van der Waals surface area contributed by atoms with Crippen LogP contribution in [0.3, 0.4) is 0 Å². The molecule has 1 aromatic heterocycles. The molecule has 2 rings (SSSR count). The van der Waals surface area contributed by atoms with E-state index in [1.807, 2.05) is 26.8 Å². The predicted molar refractivity (Wildman–Crippen MR) is 97.8 cm³/mol. The smallest absolute Gasteiger partial charge is 0.240 e. The number of benzene rings is 1. The molecule has 1 unspecified atom stereocenters. The number of amides is 1. The van der Waals surface area contributed by atoms with Gasteiger partial charge >= 0.3 is 0 Å². The first-order valence-corrected chi connectivity index (χ1v) is 9.96. The van der Waals surface area contributed by atoms with Crippen LogP contribution in [0.1, 0.15) is 25.8 Å². The largest absolute Gasteiger partial charge is 0.351 e. The number of aryl methyl sites for hydroxylation is 1. The van der Waals surface area contributed by atoms with Crippen molar-refractivity contribution in [1.29, 1.82) is 0 Å². The fourth-order valence-corrected chi connectivity index (χ4v) is 3.52. The van der Waals surface area contributed by atoms with E-state index in [-0.39, 0.29) is 35.7 Å². The molecule has 0 aliphatic heterocycles. The number of nitrogens with one attached hydrogen (secondary N) is 2. The number of hydrogen-bond acceptors (Lipinski definition) is 5. The van der Waals surface area contributed by atoms with Crippen LogP contribution in [0.5, 0.6) is 0 Å². The normalized spacial score (nSPS) is 12.9. The van der Waals surface area contributed by atoms with Gasteiger partial charge < -0.3 is 5.32 Å². The van der Waals surface area contributed by atoms with Gasteiger partial charge in [0.15, 0.2) is 0 Å². The summed E-state index contributed by atoms with van der Waals surface area (Å²) < 4.78 is 27.0. The SMILES string of the molecule is Cc1cccc(S(=O)(=O)NCCC(=O)NC(Cn2nccn2)C(C)C)c1. The van der Waals surface area contributed by atoms with Gasteiger partial charge in [-0.15, -0.1) is 0 Å². The Hall–Kier alpha value is -2.26. The predicted octanol–water partition coefficient (Wildman–Crippen LogP) is 1.10. The summed E-state index contributed by atoms with van der Waals surface area (Å²) in [5, 5.41) is 11.0. The second-order valence-electron chi connectivity index (χ2n) is 6.47. The topological polar surface area (TPSA) is 106 Å². The van der Waals surface area contributed by atoms with Crippen molar-refractivity contribution in [3.63, 3.8) is 0 Å². The lowest BCUT2D eigenvalue weighted by atomic mass is 10.0. The van der Waals surface area contributed by atoms with E-state index in [2.05, 4.69) is 20.2 Å². The van der Waals surface area contributed by atoms with Crippen LogP contribution >= 0.6 is 0 Å². The minimum atomic E-state index is -3.62. The van der Waals surface area contributed by atoms with Crippen molar-refractivity contribution in [3.8, 4) is 0 Å². The maximum absolute atomic E-state index is 12.2. The molecule has 1 heterocycles. The number of aromatic nitrogens is 3. The lowest BCUT2D eigenvalue weighted by Crippen LogP contribution is -2.43.